The van der Waals surface area contributed by atoms with Gasteiger partial charge in [0.2, 0.25) is 0 Å². The lowest BCUT2D eigenvalue weighted by molar-refractivity contribution is 0.102. The van der Waals surface area contributed by atoms with Crippen molar-refractivity contribution in [2.24, 2.45) is 0 Å². The number of para-hydroxylation sites is 2. The van der Waals surface area contributed by atoms with Gasteiger partial charge in [-0.15, -0.1) is 0 Å². The van der Waals surface area contributed by atoms with Crippen LogP contribution in [-0.2, 0) is 6.54 Å². The van der Waals surface area contributed by atoms with Crippen LogP contribution < -0.4 is 15.6 Å². The number of benzene rings is 3. The summed E-state index contributed by atoms with van der Waals surface area (Å²) in [6.45, 7) is 0.334. The lowest BCUT2D eigenvalue weighted by atomic mass is 10.1. The molecule has 2 aromatic heterocycles. The molecule has 1 amide bonds. The monoisotopic (exact) mass is 484 g/mol. The summed E-state index contributed by atoms with van der Waals surface area (Å²) in [5, 5.41) is 3.30. The van der Waals surface area contributed by atoms with Gasteiger partial charge in [-0.1, -0.05) is 35.9 Å². The van der Waals surface area contributed by atoms with E-state index in [1.165, 1.54) is 10.6 Å². The number of nitrogens with one attached hydrogen (secondary N) is 2. The van der Waals surface area contributed by atoms with Crippen molar-refractivity contribution in [2.75, 3.05) is 12.4 Å². The van der Waals surface area contributed by atoms with Crippen molar-refractivity contribution < 1.29 is 9.53 Å². The molecule has 3 aromatic carbocycles. The number of methoxy groups -OCH3 is 1. The number of anilines is 1. The predicted molar refractivity (Wildman–Crippen MR) is 137 cm³/mol. The van der Waals surface area contributed by atoms with E-state index < -0.39 is 5.91 Å². The molecule has 35 heavy (non-hydrogen) atoms. The van der Waals surface area contributed by atoms with Gasteiger partial charge in [0.1, 0.15) is 17.1 Å². The fraction of sp³-hybridized carbons (Fsp3) is 0.0741. The summed E-state index contributed by atoms with van der Waals surface area (Å²) in [4.78, 5) is 33.8. The van der Waals surface area contributed by atoms with E-state index in [-0.39, 0.29) is 11.1 Å². The Kier molecular flexibility index (Phi) is 6.08. The summed E-state index contributed by atoms with van der Waals surface area (Å²) in [5.41, 5.74) is 3.42. The van der Waals surface area contributed by atoms with Crippen molar-refractivity contribution in [3.8, 4) is 17.1 Å². The van der Waals surface area contributed by atoms with Gasteiger partial charge in [0, 0.05) is 17.4 Å². The van der Waals surface area contributed by atoms with Gasteiger partial charge in [-0.2, -0.15) is 0 Å². The zero-order chi connectivity index (χ0) is 24.4. The normalized spacial score (nSPS) is 10.9. The number of carbonyl (C=O) groups is 1. The molecule has 0 spiro atoms. The van der Waals surface area contributed by atoms with Gasteiger partial charge in [-0.25, -0.2) is 4.98 Å². The number of rotatable bonds is 6. The summed E-state index contributed by atoms with van der Waals surface area (Å²) >= 11 is 6.42. The number of imidazole rings is 1. The Morgan fingerprint density at radius 2 is 1.86 bits per heavy atom. The van der Waals surface area contributed by atoms with E-state index in [9.17, 15) is 9.59 Å². The number of amides is 1. The Hall–Kier alpha value is -4.36. The third-order valence-corrected chi connectivity index (χ3v) is 5.98. The summed E-state index contributed by atoms with van der Waals surface area (Å²) in [7, 11) is 1.60. The Labute approximate surface area is 206 Å². The summed E-state index contributed by atoms with van der Waals surface area (Å²) in [6, 6.07) is 23.4. The molecular weight excluding hydrogens is 464 g/mol. The first-order chi connectivity index (χ1) is 17.0. The highest BCUT2D eigenvalue weighted by Crippen LogP contribution is 2.30. The molecule has 0 aliphatic carbocycles. The number of halogens is 1. The molecule has 2 N–H and O–H groups in total. The van der Waals surface area contributed by atoms with Gasteiger partial charge in [0.05, 0.1) is 29.7 Å². The maximum atomic E-state index is 13.0. The van der Waals surface area contributed by atoms with Crippen LogP contribution in [0, 0.1) is 0 Å². The van der Waals surface area contributed by atoms with Crippen LogP contribution >= 0.6 is 11.6 Å². The van der Waals surface area contributed by atoms with Crippen molar-refractivity contribution >= 4 is 34.2 Å². The second-order valence-corrected chi connectivity index (χ2v) is 8.36. The molecule has 0 radical (unpaired) electrons. The minimum absolute atomic E-state index is 0.0428. The number of carbonyl (C=O) groups excluding carboxylic acids is 1. The molecule has 0 atom stereocenters. The van der Waals surface area contributed by atoms with Gasteiger partial charge >= 0.3 is 0 Å². The van der Waals surface area contributed by atoms with Crippen LogP contribution in [0.4, 0.5) is 5.69 Å². The molecule has 0 saturated heterocycles. The van der Waals surface area contributed by atoms with Crippen LogP contribution in [0.3, 0.4) is 0 Å². The van der Waals surface area contributed by atoms with E-state index in [1.807, 2.05) is 48.5 Å². The summed E-state index contributed by atoms with van der Waals surface area (Å²) in [5.74, 6) is 0.824. The van der Waals surface area contributed by atoms with Crippen LogP contribution in [0.5, 0.6) is 5.75 Å². The first-order valence-corrected chi connectivity index (χ1v) is 11.3. The number of aromatic amines is 1. The Morgan fingerprint density at radius 1 is 1.06 bits per heavy atom. The topological polar surface area (TPSA) is 89.0 Å². The van der Waals surface area contributed by atoms with Gasteiger partial charge < -0.3 is 19.6 Å². The zero-order valence-electron chi connectivity index (χ0n) is 18.8. The average molecular weight is 485 g/mol. The second kappa shape index (κ2) is 9.48. The van der Waals surface area contributed by atoms with Gasteiger partial charge in [0.15, 0.2) is 0 Å². The molecule has 2 heterocycles. The highest BCUT2D eigenvalue weighted by Gasteiger charge is 2.15. The number of ether oxygens (including phenoxy) is 1. The maximum absolute atomic E-state index is 13.0. The lowest BCUT2D eigenvalue weighted by Crippen LogP contribution is -2.29. The molecule has 8 heteroatoms. The molecule has 5 aromatic rings. The summed E-state index contributed by atoms with van der Waals surface area (Å²) in [6.07, 6.45) is 1.66. The Morgan fingerprint density at radius 3 is 2.63 bits per heavy atom. The van der Waals surface area contributed by atoms with Crippen molar-refractivity contribution in [2.45, 2.75) is 6.54 Å². The molecular formula is C27H21ClN4O3. The third-order valence-electron chi connectivity index (χ3n) is 5.65. The number of hydrogen-bond donors (Lipinski definition) is 2. The van der Waals surface area contributed by atoms with Crippen molar-refractivity contribution in [1.29, 1.82) is 0 Å². The van der Waals surface area contributed by atoms with Crippen molar-refractivity contribution in [1.82, 2.24) is 14.5 Å². The third kappa shape index (κ3) is 4.67. The van der Waals surface area contributed by atoms with Crippen LogP contribution in [0.25, 0.3) is 22.4 Å². The predicted octanol–water partition coefficient (Wildman–Crippen LogP) is 5.35. The number of pyridine rings is 1. The van der Waals surface area contributed by atoms with E-state index in [4.69, 9.17) is 16.3 Å². The molecule has 0 saturated carbocycles. The quantitative estimate of drug-likeness (QED) is 0.340. The molecule has 174 valence electrons. The molecule has 0 aliphatic rings. The fourth-order valence-corrected chi connectivity index (χ4v) is 4.03. The van der Waals surface area contributed by atoms with E-state index in [2.05, 4.69) is 15.3 Å². The highest BCUT2D eigenvalue weighted by molar-refractivity contribution is 6.33. The molecule has 0 aliphatic heterocycles. The highest BCUT2D eigenvalue weighted by atomic mass is 35.5. The van der Waals surface area contributed by atoms with E-state index in [0.717, 1.165) is 22.3 Å². The van der Waals surface area contributed by atoms with Gasteiger partial charge in [-0.3, -0.25) is 9.59 Å². The van der Waals surface area contributed by atoms with E-state index in [1.54, 1.807) is 37.6 Å². The largest absolute Gasteiger partial charge is 0.497 e. The molecule has 7 nitrogen and oxygen atoms in total. The zero-order valence-corrected chi connectivity index (χ0v) is 19.5. The van der Waals surface area contributed by atoms with Crippen LogP contribution in [0.15, 0.2) is 89.9 Å². The number of nitrogens with zero attached hydrogens (tertiary/aromatic N) is 2. The average Bonchev–Trinajstić information content (AvgIpc) is 3.31. The Balaban J connectivity index is 1.39. The number of hydrogen-bond acceptors (Lipinski definition) is 4. The molecule has 0 unspecified atom stereocenters. The molecule has 5 rings (SSSR count). The summed E-state index contributed by atoms with van der Waals surface area (Å²) < 4.78 is 6.67. The number of fused-ring (bicyclic) bond motifs is 1. The van der Waals surface area contributed by atoms with Crippen LogP contribution in [0.2, 0.25) is 5.02 Å². The van der Waals surface area contributed by atoms with Gasteiger partial charge in [-0.05, 0) is 60.2 Å². The minimum Gasteiger partial charge on any atom is -0.497 e. The van der Waals surface area contributed by atoms with E-state index >= 15 is 0 Å². The molecule has 0 fully saturated rings. The standard InChI is InChI=1S/C27H21ClN4O3/c1-35-19-11-8-17(9-12-19)16-32-14-4-5-20(27(32)34)26(33)29-18-10-13-22(28)21(15-18)25-30-23-6-2-3-7-24(23)31-25/h2-15H,16H2,1H3,(H,29,33)(H,30,31). The number of aromatic nitrogens is 3. The van der Waals surface area contributed by atoms with Crippen LogP contribution in [-0.4, -0.2) is 27.6 Å². The maximum Gasteiger partial charge on any atom is 0.263 e. The first kappa shape index (κ1) is 22.4. The van der Waals surface area contributed by atoms with Gasteiger partial charge in [0.25, 0.3) is 11.5 Å². The van der Waals surface area contributed by atoms with E-state index in [0.29, 0.717) is 28.6 Å². The van der Waals surface area contributed by atoms with Crippen molar-refractivity contribution in [3.63, 3.8) is 0 Å². The second-order valence-electron chi connectivity index (χ2n) is 7.95. The molecule has 0 bridgehead atoms. The number of H-pyrrole nitrogens is 1. The Bertz CT molecular complexity index is 1560. The minimum atomic E-state index is -0.503. The van der Waals surface area contributed by atoms with Crippen molar-refractivity contribution in [3.05, 3.63) is 112 Å². The fourth-order valence-electron chi connectivity index (χ4n) is 3.83. The lowest BCUT2D eigenvalue weighted by Gasteiger charge is -2.10. The first-order valence-electron chi connectivity index (χ1n) is 10.9. The SMILES string of the molecule is COc1ccc(Cn2cccc(C(=O)Nc3ccc(Cl)c(-c4nc5ccccc5[nH]4)c3)c2=O)cc1. The smallest absolute Gasteiger partial charge is 0.263 e. The van der Waals surface area contributed by atoms with Crippen LogP contribution in [0.1, 0.15) is 15.9 Å².